The monoisotopic (exact) mass is 332 g/mol. The van der Waals surface area contributed by atoms with Crippen LogP contribution in [-0.4, -0.2) is 40.2 Å². The summed E-state index contributed by atoms with van der Waals surface area (Å²) >= 11 is 0. The fraction of sp³-hybridized carbons (Fsp3) is 0.312. The number of nitrogens with one attached hydrogen (secondary N) is 3. The van der Waals surface area contributed by atoms with E-state index in [2.05, 4.69) is 20.6 Å². The summed E-state index contributed by atoms with van der Waals surface area (Å²) in [5, 5.41) is 14.5. The Balaban J connectivity index is 1.99. The first kappa shape index (κ1) is 17.3. The normalized spacial score (nSPS) is 12.9. The number of benzene rings is 1. The van der Waals surface area contributed by atoms with Gasteiger partial charge in [-0.25, -0.2) is 14.6 Å². The number of aromatic nitrogens is 2. The van der Waals surface area contributed by atoms with Crippen LogP contribution in [0.2, 0.25) is 0 Å². The van der Waals surface area contributed by atoms with Crippen LogP contribution in [0.3, 0.4) is 0 Å². The van der Waals surface area contributed by atoms with E-state index in [-0.39, 0.29) is 6.54 Å². The number of hydrogen-bond donors (Lipinski definition) is 4. The van der Waals surface area contributed by atoms with Crippen molar-refractivity contribution in [3.63, 3.8) is 0 Å². The largest absolute Gasteiger partial charge is 0.497 e. The maximum absolute atomic E-state index is 11.9. The summed E-state index contributed by atoms with van der Waals surface area (Å²) in [7, 11) is 1.56. The Bertz CT molecular complexity index is 670. The van der Waals surface area contributed by atoms with Gasteiger partial charge in [0, 0.05) is 12.1 Å². The third-order valence-electron chi connectivity index (χ3n) is 3.69. The number of aromatic amines is 1. The molecule has 1 aromatic carbocycles. The van der Waals surface area contributed by atoms with E-state index >= 15 is 0 Å². The first-order valence-corrected chi connectivity index (χ1v) is 7.39. The summed E-state index contributed by atoms with van der Waals surface area (Å²) in [6, 6.07) is 5.46. The Morgan fingerprint density at radius 1 is 1.33 bits per heavy atom. The number of carboxylic acid groups (broad SMARTS) is 1. The van der Waals surface area contributed by atoms with E-state index < -0.39 is 24.0 Å². The smallest absolute Gasteiger partial charge is 0.326 e. The van der Waals surface area contributed by atoms with Crippen molar-refractivity contribution in [2.75, 3.05) is 7.11 Å². The molecule has 8 heteroatoms. The standard InChI is InChI=1S/C16H20N4O4/c1-10(11-3-5-13(24-2)6-4-11)14(15(21)22)20-16(23)18-8-12-7-17-9-19-12/h3-7,9-10,14H,8H2,1-2H3,(H,17,19)(H,21,22)(H2,18,20,23). The minimum Gasteiger partial charge on any atom is -0.497 e. The van der Waals surface area contributed by atoms with Gasteiger partial charge in [0.25, 0.3) is 0 Å². The van der Waals surface area contributed by atoms with E-state index in [1.54, 1.807) is 44.5 Å². The summed E-state index contributed by atoms with van der Waals surface area (Å²) in [5.74, 6) is -0.829. The Labute approximate surface area is 139 Å². The van der Waals surface area contributed by atoms with Crippen LogP contribution >= 0.6 is 0 Å². The van der Waals surface area contributed by atoms with E-state index in [0.29, 0.717) is 5.75 Å². The lowest BCUT2D eigenvalue weighted by Crippen LogP contribution is -2.48. The maximum atomic E-state index is 11.9. The highest BCUT2D eigenvalue weighted by atomic mass is 16.5. The summed E-state index contributed by atoms with van der Waals surface area (Å²) in [4.78, 5) is 30.2. The molecule has 2 amide bonds. The third-order valence-corrected chi connectivity index (χ3v) is 3.69. The molecule has 8 nitrogen and oxygen atoms in total. The number of urea groups is 1. The molecule has 0 spiro atoms. The molecule has 2 atom stereocenters. The molecule has 0 fully saturated rings. The van der Waals surface area contributed by atoms with Crippen LogP contribution in [0.25, 0.3) is 0 Å². The molecule has 0 bridgehead atoms. The zero-order valence-corrected chi connectivity index (χ0v) is 13.4. The van der Waals surface area contributed by atoms with Crippen molar-refractivity contribution in [1.82, 2.24) is 20.6 Å². The molecule has 1 aromatic heterocycles. The maximum Gasteiger partial charge on any atom is 0.326 e. The molecule has 0 radical (unpaired) electrons. The lowest BCUT2D eigenvalue weighted by Gasteiger charge is -2.22. The zero-order chi connectivity index (χ0) is 17.5. The minimum absolute atomic E-state index is 0.231. The molecule has 2 rings (SSSR count). The highest BCUT2D eigenvalue weighted by Gasteiger charge is 2.27. The predicted molar refractivity (Wildman–Crippen MR) is 86.8 cm³/mol. The van der Waals surface area contributed by atoms with Crippen molar-refractivity contribution < 1.29 is 19.4 Å². The Morgan fingerprint density at radius 3 is 2.58 bits per heavy atom. The number of ether oxygens (including phenoxy) is 1. The number of amides is 2. The number of H-pyrrole nitrogens is 1. The van der Waals surface area contributed by atoms with Crippen LogP contribution in [-0.2, 0) is 11.3 Å². The molecule has 0 saturated heterocycles. The van der Waals surface area contributed by atoms with Crippen molar-refractivity contribution in [2.45, 2.75) is 25.4 Å². The molecule has 0 aliphatic heterocycles. The molecule has 2 unspecified atom stereocenters. The first-order valence-electron chi connectivity index (χ1n) is 7.39. The molecule has 1 heterocycles. The summed E-state index contributed by atoms with van der Waals surface area (Å²) in [6.45, 7) is 1.98. The molecule has 4 N–H and O–H groups in total. The van der Waals surface area contributed by atoms with Crippen LogP contribution in [0.4, 0.5) is 4.79 Å². The summed E-state index contributed by atoms with van der Waals surface area (Å²) in [6.07, 6.45) is 3.08. The molecule has 0 aliphatic carbocycles. The third kappa shape index (κ3) is 4.48. The van der Waals surface area contributed by atoms with Gasteiger partial charge in [0.05, 0.1) is 25.7 Å². The number of imidazole rings is 1. The van der Waals surface area contributed by atoms with E-state index in [4.69, 9.17) is 4.74 Å². The highest BCUT2D eigenvalue weighted by Crippen LogP contribution is 2.22. The number of methoxy groups -OCH3 is 1. The van der Waals surface area contributed by atoms with Gasteiger partial charge in [-0.2, -0.15) is 0 Å². The SMILES string of the molecule is COc1ccc(C(C)C(NC(=O)NCc2cnc[nH]2)C(=O)O)cc1. The fourth-order valence-electron chi connectivity index (χ4n) is 2.25. The molecular formula is C16H20N4O4. The van der Waals surface area contributed by atoms with Gasteiger partial charge in [-0.3, -0.25) is 0 Å². The number of aliphatic carboxylic acids is 1. The molecule has 0 saturated carbocycles. The number of nitrogens with zero attached hydrogens (tertiary/aromatic N) is 1. The van der Waals surface area contributed by atoms with Crippen LogP contribution in [0.15, 0.2) is 36.8 Å². The average Bonchev–Trinajstić information content (AvgIpc) is 3.10. The Hall–Kier alpha value is -3.03. The van der Waals surface area contributed by atoms with Gasteiger partial charge in [0.2, 0.25) is 0 Å². The lowest BCUT2D eigenvalue weighted by molar-refractivity contribution is -0.139. The van der Waals surface area contributed by atoms with Crippen molar-refractivity contribution >= 4 is 12.0 Å². The van der Waals surface area contributed by atoms with E-state index in [1.165, 1.54) is 6.33 Å². The number of hydrogen-bond acceptors (Lipinski definition) is 4. The molecule has 0 aliphatic rings. The van der Waals surface area contributed by atoms with Crippen LogP contribution in [0.5, 0.6) is 5.75 Å². The fourth-order valence-corrected chi connectivity index (χ4v) is 2.25. The summed E-state index contributed by atoms with van der Waals surface area (Å²) in [5.41, 5.74) is 1.51. The second-order valence-corrected chi connectivity index (χ2v) is 5.28. The number of carbonyl (C=O) groups excluding carboxylic acids is 1. The first-order chi connectivity index (χ1) is 11.5. The number of rotatable bonds is 7. The second kappa shape index (κ2) is 8.00. The average molecular weight is 332 g/mol. The van der Waals surface area contributed by atoms with Crippen molar-refractivity contribution in [2.24, 2.45) is 0 Å². The zero-order valence-electron chi connectivity index (χ0n) is 13.4. The number of carbonyl (C=O) groups is 2. The van der Waals surface area contributed by atoms with Crippen LogP contribution in [0.1, 0.15) is 24.1 Å². The van der Waals surface area contributed by atoms with Crippen molar-refractivity contribution in [1.29, 1.82) is 0 Å². The van der Waals surface area contributed by atoms with Gasteiger partial charge in [-0.15, -0.1) is 0 Å². The molecular weight excluding hydrogens is 312 g/mol. The topological polar surface area (TPSA) is 116 Å². The Morgan fingerprint density at radius 2 is 2.04 bits per heavy atom. The van der Waals surface area contributed by atoms with Gasteiger partial charge in [-0.05, 0) is 17.7 Å². The quantitative estimate of drug-likeness (QED) is 0.613. The van der Waals surface area contributed by atoms with Crippen LogP contribution < -0.4 is 15.4 Å². The molecule has 128 valence electrons. The highest BCUT2D eigenvalue weighted by molar-refractivity contribution is 5.83. The predicted octanol–water partition coefficient (Wildman–Crippen LogP) is 1.47. The van der Waals surface area contributed by atoms with E-state index in [0.717, 1.165) is 11.3 Å². The van der Waals surface area contributed by atoms with E-state index in [1.807, 2.05) is 0 Å². The molecule has 24 heavy (non-hydrogen) atoms. The van der Waals surface area contributed by atoms with Gasteiger partial charge in [0.15, 0.2) is 0 Å². The van der Waals surface area contributed by atoms with Gasteiger partial charge in [0.1, 0.15) is 11.8 Å². The van der Waals surface area contributed by atoms with Gasteiger partial charge >= 0.3 is 12.0 Å². The van der Waals surface area contributed by atoms with Crippen molar-refractivity contribution in [3.05, 3.63) is 48.0 Å². The second-order valence-electron chi connectivity index (χ2n) is 5.28. The minimum atomic E-state index is -1.10. The van der Waals surface area contributed by atoms with Crippen LogP contribution in [0, 0.1) is 0 Å². The van der Waals surface area contributed by atoms with E-state index in [9.17, 15) is 14.7 Å². The lowest BCUT2D eigenvalue weighted by atomic mass is 9.93. The summed E-state index contributed by atoms with van der Waals surface area (Å²) < 4.78 is 5.08. The van der Waals surface area contributed by atoms with Gasteiger partial charge < -0.3 is 25.5 Å². The molecule has 2 aromatic rings. The van der Waals surface area contributed by atoms with Gasteiger partial charge in [-0.1, -0.05) is 19.1 Å². The van der Waals surface area contributed by atoms with Crippen molar-refractivity contribution in [3.8, 4) is 5.75 Å². The number of carboxylic acids is 1. The Kier molecular flexibility index (Phi) is 5.78.